The summed E-state index contributed by atoms with van der Waals surface area (Å²) in [6.07, 6.45) is 1.60. The van der Waals surface area contributed by atoms with E-state index in [1.807, 2.05) is 0 Å². The first-order chi connectivity index (χ1) is 7.08. The molecule has 0 radical (unpaired) electrons. The number of benzene rings is 1. The molecule has 0 aliphatic heterocycles. The highest BCUT2D eigenvalue weighted by Gasteiger charge is 2.29. The number of rotatable bonds is 2. The molecule has 1 aromatic rings. The van der Waals surface area contributed by atoms with E-state index in [1.165, 1.54) is 16.7 Å². The lowest BCUT2D eigenvalue weighted by Crippen LogP contribution is -2.37. The van der Waals surface area contributed by atoms with Crippen LogP contribution < -0.4 is 4.74 Å². The van der Waals surface area contributed by atoms with Gasteiger partial charge in [0, 0.05) is 12.8 Å². The van der Waals surface area contributed by atoms with Gasteiger partial charge in [-0.25, -0.2) is 0 Å². The molecule has 1 aliphatic carbocycles. The second kappa shape index (κ2) is 3.86. The van der Waals surface area contributed by atoms with Crippen molar-refractivity contribution in [3.05, 3.63) is 28.8 Å². The van der Waals surface area contributed by atoms with Crippen LogP contribution in [0.3, 0.4) is 0 Å². The lowest BCUT2D eigenvalue weighted by atomic mass is 9.92. The van der Waals surface area contributed by atoms with E-state index < -0.39 is 0 Å². The minimum absolute atomic E-state index is 0.152. The lowest BCUT2D eigenvalue weighted by Gasteiger charge is -2.32. The van der Waals surface area contributed by atoms with Crippen LogP contribution in [0.5, 0.6) is 5.75 Å². The summed E-state index contributed by atoms with van der Waals surface area (Å²) in [5.41, 5.74) is 3.66. The van der Waals surface area contributed by atoms with Crippen molar-refractivity contribution >= 4 is 0 Å². The number of aryl methyl sites for hydroxylation is 2. The summed E-state index contributed by atoms with van der Waals surface area (Å²) in [7, 11) is 0. The van der Waals surface area contributed by atoms with Gasteiger partial charge in [-0.3, -0.25) is 0 Å². The van der Waals surface area contributed by atoms with Crippen molar-refractivity contribution in [3.8, 4) is 5.75 Å². The first kappa shape index (κ1) is 10.5. The van der Waals surface area contributed by atoms with Crippen LogP contribution in [0.1, 0.15) is 29.5 Å². The molecule has 2 heteroatoms. The zero-order valence-electron chi connectivity index (χ0n) is 9.58. The number of aliphatic hydroxyl groups is 1. The maximum atomic E-state index is 9.21. The molecule has 0 amide bonds. The molecule has 2 nitrogen and oxygen atoms in total. The minimum Gasteiger partial charge on any atom is -0.490 e. The van der Waals surface area contributed by atoms with Crippen molar-refractivity contribution in [2.45, 2.75) is 45.8 Å². The topological polar surface area (TPSA) is 29.5 Å². The van der Waals surface area contributed by atoms with Crippen molar-refractivity contribution in [1.29, 1.82) is 0 Å². The van der Waals surface area contributed by atoms with Crippen molar-refractivity contribution in [1.82, 2.24) is 0 Å². The maximum absolute atomic E-state index is 9.21. The SMILES string of the molecule is Cc1ccc(C)c(OC2CC(O)C2)c1C. The highest BCUT2D eigenvalue weighted by molar-refractivity contribution is 5.44. The van der Waals surface area contributed by atoms with Gasteiger partial charge in [-0.05, 0) is 37.5 Å². The standard InChI is InChI=1S/C13H18O2/c1-8-4-5-9(2)13(10(8)3)15-12-6-11(14)7-12/h4-5,11-12,14H,6-7H2,1-3H3. The van der Waals surface area contributed by atoms with Gasteiger partial charge in [0.2, 0.25) is 0 Å². The first-order valence-electron chi connectivity index (χ1n) is 5.49. The monoisotopic (exact) mass is 206 g/mol. The number of aliphatic hydroxyl groups excluding tert-OH is 1. The molecule has 0 saturated heterocycles. The average molecular weight is 206 g/mol. The van der Waals surface area contributed by atoms with Crippen LogP contribution in [-0.2, 0) is 0 Å². The third-order valence-electron chi connectivity index (χ3n) is 3.23. The summed E-state index contributed by atoms with van der Waals surface area (Å²) < 4.78 is 5.90. The van der Waals surface area contributed by atoms with E-state index in [0.29, 0.717) is 0 Å². The zero-order chi connectivity index (χ0) is 11.0. The minimum atomic E-state index is -0.152. The molecule has 1 N–H and O–H groups in total. The van der Waals surface area contributed by atoms with Crippen LogP contribution in [0.4, 0.5) is 0 Å². The van der Waals surface area contributed by atoms with Gasteiger partial charge in [0.05, 0.1) is 6.10 Å². The average Bonchev–Trinajstić information content (AvgIpc) is 2.15. The van der Waals surface area contributed by atoms with Crippen LogP contribution in [0, 0.1) is 20.8 Å². The summed E-state index contributed by atoms with van der Waals surface area (Å²) in [4.78, 5) is 0. The molecule has 1 aliphatic rings. The summed E-state index contributed by atoms with van der Waals surface area (Å²) >= 11 is 0. The zero-order valence-corrected chi connectivity index (χ0v) is 9.58. The van der Waals surface area contributed by atoms with Crippen LogP contribution in [-0.4, -0.2) is 17.3 Å². The molecule has 82 valence electrons. The number of hydrogen-bond donors (Lipinski definition) is 1. The van der Waals surface area contributed by atoms with Crippen molar-refractivity contribution in [3.63, 3.8) is 0 Å². The Balaban J connectivity index is 2.16. The van der Waals surface area contributed by atoms with Gasteiger partial charge in [0.25, 0.3) is 0 Å². The second-order valence-corrected chi connectivity index (χ2v) is 4.52. The summed E-state index contributed by atoms with van der Waals surface area (Å²) in [5.74, 6) is 1.01. The molecule has 0 atom stereocenters. The summed E-state index contributed by atoms with van der Waals surface area (Å²) in [5, 5.41) is 9.21. The molecule has 0 bridgehead atoms. The Morgan fingerprint density at radius 2 is 1.73 bits per heavy atom. The van der Waals surface area contributed by atoms with Gasteiger partial charge < -0.3 is 9.84 Å². The quantitative estimate of drug-likeness (QED) is 0.805. The second-order valence-electron chi connectivity index (χ2n) is 4.52. The molecule has 1 aromatic carbocycles. The third kappa shape index (κ3) is 2.00. The molecule has 1 saturated carbocycles. The Morgan fingerprint density at radius 3 is 2.33 bits per heavy atom. The lowest BCUT2D eigenvalue weighted by molar-refractivity contribution is -0.0114. The Kier molecular flexibility index (Phi) is 2.70. The molecule has 0 heterocycles. The molecule has 0 unspecified atom stereocenters. The Labute approximate surface area is 90.9 Å². The fraction of sp³-hybridized carbons (Fsp3) is 0.538. The molecule has 0 spiro atoms. The summed E-state index contributed by atoms with van der Waals surface area (Å²) in [6.45, 7) is 6.25. The predicted molar refractivity (Wildman–Crippen MR) is 60.3 cm³/mol. The van der Waals surface area contributed by atoms with Crippen molar-refractivity contribution in [2.75, 3.05) is 0 Å². The number of hydrogen-bond acceptors (Lipinski definition) is 2. The predicted octanol–water partition coefficient (Wildman–Crippen LogP) is 2.51. The van der Waals surface area contributed by atoms with E-state index in [1.54, 1.807) is 0 Å². The summed E-state index contributed by atoms with van der Waals surface area (Å²) in [6, 6.07) is 4.21. The van der Waals surface area contributed by atoms with Gasteiger partial charge in [0.1, 0.15) is 11.9 Å². The Hall–Kier alpha value is -1.02. The molecular weight excluding hydrogens is 188 g/mol. The van der Waals surface area contributed by atoms with Crippen LogP contribution in [0.15, 0.2) is 12.1 Å². The van der Waals surface area contributed by atoms with Gasteiger partial charge in [0.15, 0.2) is 0 Å². The van der Waals surface area contributed by atoms with Gasteiger partial charge >= 0.3 is 0 Å². The van der Waals surface area contributed by atoms with E-state index in [2.05, 4.69) is 32.9 Å². The van der Waals surface area contributed by atoms with E-state index in [9.17, 15) is 5.11 Å². The third-order valence-corrected chi connectivity index (χ3v) is 3.23. The first-order valence-corrected chi connectivity index (χ1v) is 5.49. The van der Waals surface area contributed by atoms with Gasteiger partial charge in [-0.2, -0.15) is 0 Å². The highest BCUT2D eigenvalue weighted by atomic mass is 16.5. The van der Waals surface area contributed by atoms with Crippen LogP contribution in [0.2, 0.25) is 0 Å². The smallest absolute Gasteiger partial charge is 0.125 e. The van der Waals surface area contributed by atoms with E-state index >= 15 is 0 Å². The van der Waals surface area contributed by atoms with Crippen LogP contribution in [0.25, 0.3) is 0 Å². The Morgan fingerprint density at radius 1 is 1.13 bits per heavy atom. The van der Waals surface area contributed by atoms with E-state index in [0.717, 1.165) is 18.6 Å². The van der Waals surface area contributed by atoms with Gasteiger partial charge in [-0.15, -0.1) is 0 Å². The van der Waals surface area contributed by atoms with Crippen LogP contribution >= 0.6 is 0 Å². The fourth-order valence-electron chi connectivity index (χ4n) is 1.91. The molecule has 2 rings (SSSR count). The normalized spacial score (nSPS) is 24.8. The van der Waals surface area contributed by atoms with Gasteiger partial charge in [-0.1, -0.05) is 12.1 Å². The number of ether oxygens (including phenoxy) is 1. The molecular formula is C13H18O2. The highest BCUT2D eigenvalue weighted by Crippen LogP contribution is 2.31. The van der Waals surface area contributed by atoms with Crippen molar-refractivity contribution in [2.24, 2.45) is 0 Å². The fourth-order valence-corrected chi connectivity index (χ4v) is 1.91. The van der Waals surface area contributed by atoms with E-state index in [-0.39, 0.29) is 12.2 Å². The molecule has 0 aromatic heterocycles. The Bertz CT molecular complexity index is 365. The largest absolute Gasteiger partial charge is 0.490 e. The van der Waals surface area contributed by atoms with Crippen molar-refractivity contribution < 1.29 is 9.84 Å². The van der Waals surface area contributed by atoms with E-state index in [4.69, 9.17) is 4.74 Å². The maximum Gasteiger partial charge on any atom is 0.125 e. The molecule has 1 fully saturated rings. The molecule has 15 heavy (non-hydrogen) atoms.